The summed E-state index contributed by atoms with van der Waals surface area (Å²) in [6, 6.07) is 22.2. The van der Waals surface area contributed by atoms with Crippen LogP contribution in [0.4, 0.5) is 23.0 Å². The monoisotopic (exact) mass is 623 g/mol. The van der Waals surface area contributed by atoms with Gasteiger partial charge in [-0.2, -0.15) is 0 Å². The van der Waals surface area contributed by atoms with Gasteiger partial charge in [0.1, 0.15) is 17.3 Å². The predicted octanol–water partition coefficient (Wildman–Crippen LogP) is 6.80. The average molecular weight is 624 g/mol. The fourth-order valence-corrected chi connectivity index (χ4v) is 6.93. The van der Waals surface area contributed by atoms with E-state index in [2.05, 4.69) is 15.2 Å². The number of methoxy groups -OCH3 is 3. The minimum Gasteiger partial charge on any atom is -0.497 e. The molecule has 46 heavy (non-hydrogen) atoms. The summed E-state index contributed by atoms with van der Waals surface area (Å²) in [5, 5.41) is 14.9. The Balaban J connectivity index is 1.22. The highest BCUT2D eigenvalue weighted by Crippen LogP contribution is 2.61. The lowest BCUT2D eigenvalue weighted by molar-refractivity contribution is -0.384. The zero-order valence-electron chi connectivity index (χ0n) is 26.1. The summed E-state index contributed by atoms with van der Waals surface area (Å²) in [5.74, 6) is 2.72. The van der Waals surface area contributed by atoms with Crippen LogP contribution in [0.15, 0.2) is 79.0 Å². The maximum Gasteiger partial charge on any atom is 0.311 e. The molecule has 238 valence electrons. The number of ether oxygens (including phenoxy) is 3. The number of anilines is 3. The molecule has 0 aliphatic heterocycles. The first-order chi connectivity index (χ1) is 22.3. The van der Waals surface area contributed by atoms with E-state index in [9.17, 15) is 14.9 Å². The van der Waals surface area contributed by atoms with E-state index in [0.29, 0.717) is 29.6 Å². The number of aromatic nitrogens is 2. The maximum absolute atomic E-state index is 12.0. The molecular weight excluding hydrogens is 586 g/mol. The molecule has 0 saturated heterocycles. The van der Waals surface area contributed by atoms with E-state index in [0.717, 1.165) is 54.9 Å². The van der Waals surface area contributed by atoms with Crippen LogP contribution in [0.2, 0.25) is 0 Å². The third kappa shape index (κ3) is 6.44. The Morgan fingerprint density at radius 3 is 2.43 bits per heavy atom. The minimum atomic E-state index is -0.448. The second kappa shape index (κ2) is 13.0. The Bertz CT molecular complexity index is 1700. The van der Waals surface area contributed by atoms with Crippen LogP contribution in [0.3, 0.4) is 0 Å². The predicted molar refractivity (Wildman–Crippen MR) is 174 cm³/mol. The van der Waals surface area contributed by atoms with Gasteiger partial charge in [0, 0.05) is 36.3 Å². The fourth-order valence-electron chi connectivity index (χ4n) is 6.93. The summed E-state index contributed by atoms with van der Waals surface area (Å²) in [6.45, 7) is 1.35. The van der Waals surface area contributed by atoms with Gasteiger partial charge >= 0.3 is 11.7 Å². The van der Waals surface area contributed by atoms with Crippen molar-refractivity contribution >= 4 is 29.0 Å². The maximum atomic E-state index is 12.0. The topological polar surface area (TPSA) is 129 Å². The van der Waals surface area contributed by atoms with Crippen molar-refractivity contribution in [3.63, 3.8) is 0 Å². The lowest BCUT2D eigenvalue weighted by Crippen LogP contribution is -2.52. The highest BCUT2D eigenvalue weighted by molar-refractivity contribution is 5.74. The van der Waals surface area contributed by atoms with Crippen LogP contribution >= 0.6 is 0 Å². The number of carbonyl (C=O) groups excluding carboxylic acids is 1. The Morgan fingerprint density at radius 2 is 1.78 bits per heavy atom. The third-order valence-corrected chi connectivity index (χ3v) is 9.15. The molecule has 2 aromatic carbocycles. The second-order valence-electron chi connectivity index (χ2n) is 12.2. The Morgan fingerprint density at radius 1 is 1.00 bits per heavy atom. The summed E-state index contributed by atoms with van der Waals surface area (Å²) in [5.41, 5.74) is 3.18. The molecule has 2 aromatic heterocycles. The van der Waals surface area contributed by atoms with Crippen molar-refractivity contribution in [1.29, 1.82) is 0 Å². The Kier molecular flexibility index (Phi) is 8.74. The zero-order valence-corrected chi connectivity index (χ0v) is 26.1. The molecule has 11 nitrogen and oxygen atoms in total. The summed E-state index contributed by atoms with van der Waals surface area (Å²) in [4.78, 5) is 34.9. The molecule has 11 heteroatoms. The Labute approximate surface area is 267 Å². The molecule has 2 fully saturated rings. The van der Waals surface area contributed by atoms with Gasteiger partial charge in [0.15, 0.2) is 0 Å². The first kappa shape index (κ1) is 30.8. The van der Waals surface area contributed by atoms with E-state index in [1.54, 1.807) is 26.5 Å². The van der Waals surface area contributed by atoms with E-state index in [1.807, 2.05) is 60.7 Å². The van der Waals surface area contributed by atoms with Crippen molar-refractivity contribution in [3.05, 3.63) is 94.7 Å². The van der Waals surface area contributed by atoms with Gasteiger partial charge < -0.3 is 24.4 Å². The molecule has 0 unspecified atom stereocenters. The molecule has 2 heterocycles. The van der Waals surface area contributed by atoms with Gasteiger partial charge in [-0.3, -0.25) is 14.9 Å². The Hall–Kier alpha value is -5.19. The molecule has 0 amide bonds. The summed E-state index contributed by atoms with van der Waals surface area (Å²) in [7, 11) is 4.72. The van der Waals surface area contributed by atoms with Gasteiger partial charge in [-0.25, -0.2) is 9.97 Å². The lowest BCUT2D eigenvalue weighted by Gasteiger charge is -2.57. The van der Waals surface area contributed by atoms with Crippen LogP contribution in [-0.4, -0.2) is 48.7 Å². The first-order valence-corrected chi connectivity index (χ1v) is 15.3. The van der Waals surface area contributed by atoms with Gasteiger partial charge in [0.2, 0.25) is 5.82 Å². The van der Waals surface area contributed by atoms with Crippen LogP contribution in [0.1, 0.15) is 31.2 Å². The molecule has 0 atom stereocenters. The quantitative estimate of drug-likeness (QED) is 0.102. The van der Waals surface area contributed by atoms with Crippen LogP contribution in [-0.2, 0) is 16.1 Å². The SMILES string of the molecule is COC(=O)C1CC2(CC(CN(Cc3ccc(OC)cc3OC)c3ccc(Nc4nc(-c5ccccc5)ccc4[N+](=O)[O-])cn3)C2)C1. The molecule has 1 spiro atoms. The molecule has 2 saturated carbocycles. The van der Waals surface area contributed by atoms with Gasteiger partial charge in [0.05, 0.1) is 49.7 Å². The number of rotatable bonds is 12. The van der Waals surface area contributed by atoms with Crippen LogP contribution in [0.25, 0.3) is 11.3 Å². The van der Waals surface area contributed by atoms with E-state index < -0.39 is 4.92 Å². The van der Waals surface area contributed by atoms with E-state index in [4.69, 9.17) is 19.2 Å². The smallest absolute Gasteiger partial charge is 0.311 e. The number of hydrogen-bond acceptors (Lipinski definition) is 10. The van der Waals surface area contributed by atoms with Gasteiger partial charge in [-0.15, -0.1) is 0 Å². The van der Waals surface area contributed by atoms with Gasteiger partial charge in [-0.1, -0.05) is 30.3 Å². The van der Waals surface area contributed by atoms with E-state index in [-0.39, 0.29) is 28.8 Å². The number of hydrogen-bond donors (Lipinski definition) is 1. The highest BCUT2D eigenvalue weighted by atomic mass is 16.6. The van der Waals surface area contributed by atoms with Crippen molar-refractivity contribution in [2.45, 2.75) is 32.2 Å². The number of esters is 1. The van der Waals surface area contributed by atoms with Crippen molar-refractivity contribution in [2.24, 2.45) is 17.3 Å². The molecular formula is C35H37N5O6. The molecule has 1 N–H and O–H groups in total. The van der Waals surface area contributed by atoms with Crippen LogP contribution in [0.5, 0.6) is 11.5 Å². The minimum absolute atomic E-state index is 0.0195. The van der Waals surface area contributed by atoms with Crippen molar-refractivity contribution in [2.75, 3.05) is 38.1 Å². The molecule has 2 aliphatic carbocycles. The fraction of sp³-hybridized carbons (Fsp3) is 0.343. The number of nitro groups is 1. The molecule has 2 aliphatic rings. The number of nitrogens with one attached hydrogen (secondary N) is 1. The van der Waals surface area contributed by atoms with Crippen molar-refractivity contribution in [3.8, 4) is 22.8 Å². The third-order valence-electron chi connectivity index (χ3n) is 9.15. The zero-order chi connectivity index (χ0) is 32.3. The van der Waals surface area contributed by atoms with Gasteiger partial charge in [0.25, 0.3) is 0 Å². The molecule has 0 bridgehead atoms. The summed E-state index contributed by atoms with van der Waals surface area (Å²) >= 11 is 0. The largest absolute Gasteiger partial charge is 0.497 e. The molecule has 0 radical (unpaired) electrons. The lowest BCUT2D eigenvalue weighted by atomic mass is 9.48. The number of pyridine rings is 2. The molecule has 4 aromatic rings. The highest BCUT2D eigenvalue weighted by Gasteiger charge is 2.55. The van der Waals surface area contributed by atoms with Crippen molar-refractivity contribution in [1.82, 2.24) is 9.97 Å². The molecule has 6 rings (SSSR count). The summed E-state index contributed by atoms with van der Waals surface area (Å²) < 4.78 is 16.0. The van der Waals surface area contributed by atoms with E-state index in [1.165, 1.54) is 13.2 Å². The van der Waals surface area contributed by atoms with E-state index >= 15 is 0 Å². The number of nitrogens with zero attached hydrogens (tertiary/aromatic N) is 4. The van der Waals surface area contributed by atoms with Crippen molar-refractivity contribution < 1.29 is 23.9 Å². The summed E-state index contributed by atoms with van der Waals surface area (Å²) in [6.07, 6.45) is 5.58. The van der Waals surface area contributed by atoms with Crippen LogP contribution in [0, 0.1) is 27.4 Å². The number of carbonyl (C=O) groups is 1. The normalized spacial score (nSPS) is 19.8. The standard InChI is InChI=1S/C35H37N5O6/c1-44-28-11-9-25(31(15-28)45-2)22-39(21-23-16-35(17-23)18-26(19-35)34(41)46-3)32-14-10-27(20-36-32)37-33-30(40(42)43)13-12-29(38-33)24-7-5-4-6-8-24/h4-15,20,23,26H,16-19,21-22H2,1-3H3,(H,37,38). The van der Waals surface area contributed by atoms with Crippen LogP contribution < -0.4 is 19.7 Å². The first-order valence-electron chi connectivity index (χ1n) is 15.3. The van der Waals surface area contributed by atoms with Gasteiger partial charge in [-0.05, 0) is 67.3 Å². The average Bonchev–Trinajstić information content (AvgIpc) is 3.05. The second-order valence-corrected chi connectivity index (χ2v) is 12.2. The number of benzene rings is 2.